The Hall–Kier alpha value is -4.14. The Bertz CT molecular complexity index is 1290. The molecule has 0 fully saturated rings. The molecule has 158 valence electrons. The van der Waals surface area contributed by atoms with Gasteiger partial charge in [0.1, 0.15) is 11.4 Å². The zero-order valence-electron chi connectivity index (χ0n) is 17.3. The third-order valence-corrected chi connectivity index (χ3v) is 4.85. The number of nitrogens with one attached hydrogen (secondary N) is 1. The topological polar surface area (TPSA) is 104 Å². The monoisotopic (exact) mass is 419 g/mol. The molecule has 9 heteroatoms. The van der Waals surface area contributed by atoms with Crippen LogP contribution in [0.3, 0.4) is 0 Å². The van der Waals surface area contributed by atoms with Crippen LogP contribution in [0.5, 0.6) is 5.75 Å². The summed E-state index contributed by atoms with van der Waals surface area (Å²) in [5.41, 5.74) is 1.51. The molecule has 2 aromatic heterocycles. The second kappa shape index (κ2) is 8.31. The van der Waals surface area contributed by atoms with Gasteiger partial charge in [0.2, 0.25) is 11.7 Å². The number of anilines is 1. The Morgan fingerprint density at radius 1 is 1.10 bits per heavy atom. The molecule has 4 aromatic rings. The molecule has 4 rings (SSSR count). The minimum absolute atomic E-state index is 0.0484. The zero-order valence-corrected chi connectivity index (χ0v) is 17.3. The summed E-state index contributed by atoms with van der Waals surface area (Å²) in [5.74, 6) is 0.696. The maximum atomic E-state index is 13.0. The number of hydrogen-bond donors (Lipinski definition) is 1. The predicted octanol–water partition coefficient (Wildman–Crippen LogP) is 3.01. The molecule has 0 spiro atoms. The van der Waals surface area contributed by atoms with Gasteiger partial charge in [-0.2, -0.15) is 4.98 Å². The van der Waals surface area contributed by atoms with Gasteiger partial charge in [-0.15, -0.1) is 0 Å². The lowest BCUT2D eigenvalue weighted by atomic mass is 10.2. The summed E-state index contributed by atoms with van der Waals surface area (Å²) in [6, 6.07) is 16.0. The minimum Gasteiger partial charge on any atom is -0.485 e. The van der Waals surface area contributed by atoms with Crippen LogP contribution in [-0.2, 0) is 13.7 Å². The van der Waals surface area contributed by atoms with Crippen molar-refractivity contribution in [2.24, 2.45) is 7.05 Å². The van der Waals surface area contributed by atoms with Gasteiger partial charge in [-0.3, -0.25) is 14.3 Å². The van der Waals surface area contributed by atoms with Crippen LogP contribution >= 0.6 is 0 Å². The maximum absolute atomic E-state index is 13.0. The summed E-state index contributed by atoms with van der Waals surface area (Å²) < 4.78 is 13.9. The number of nitrogens with zero attached hydrogens (tertiary/aromatic N) is 4. The molecule has 2 heterocycles. The summed E-state index contributed by atoms with van der Waals surface area (Å²) in [4.78, 5) is 30.1. The molecule has 0 radical (unpaired) electrons. The molecule has 0 atom stereocenters. The van der Waals surface area contributed by atoms with Crippen molar-refractivity contribution >= 4 is 11.6 Å². The molecule has 1 N–H and O–H groups in total. The molecule has 1 amide bonds. The number of carbonyl (C=O) groups is 1. The van der Waals surface area contributed by atoms with Gasteiger partial charge in [-0.05, 0) is 31.2 Å². The van der Waals surface area contributed by atoms with E-state index in [0.29, 0.717) is 28.8 Å². The van der Waals surface area contributed by atoms with E-state index in [9.17, 15) is 9.59 Å². The molecule has 0 aliphatic rings. The van der Waals surface area contributed by atoms with Crippen molar-refractivity contribution in [3.8, 4) is 11.4 Å². The van der Waals surface area contributed by atoms with E-state index in [2.05, 4.69) is 15.5 Å². The molecular formula is C22H21N5O4. The molecule has 9 nitrogen and oxygen atoms in total. The number of ether oxygens (including phenoxy) is 1. The van der Waals surface area contributed by atoms with Crippen LogP contribution in [0.15, 0.2) is 63.9 Å². The highest BCUT2D eigenvalue weighted by Crippen LogP contribution is 2.21. The molecule has 0 bridgehead atoms. The van der Waals surface area contributed by atoms with E-state index in [0.717, 1.165) is 0 Å². The standard InChI is InChI=1S/C22H21N5O4/c1-14-20(22(29)27(26(14)3)16-9-5-4-6-10-16)24-21(28)17-11-7-8-12-18(17)30-13-19-23-15(2)31-25-19/h4-12H,13H2,1-3H3,(H,24,28). The summed E-state index contributed by atoms with van der Waals surface area (Å²) in [6.45, 7) is 3.51. The Kier molecular flexibility index (Phi) is 5.40. The van der Waals surface area contributed by atoms with Crippen LogP contribution in [0.25, 0.3) is 5.69 Å². The van der Waals surface area contributed by atoms with E-state index in [1.165, 1.54) is 4.68 Å². The van der Waals surface area contributed by atoms with E-state index in [1.54, 1.807) is 49.8 Å². The van der Waals surface area contributed by atoms with E-state index in [1.807, 2.05) is 30.3 Å². The average Bonchev–Trinajstić information content (AvgIpc) is 3.29. The van der Waals surface area contributed by atoms with Gasteiger partial charge >= 0.3 is 0 Å². The Morgan fingerprint density at radius 3 is 2.52 bits per heavy atom. The number of carbonyl (C=O) groups excluding carboxylic acids is 1. The van der Waals surface area contributed by atoms with E-state index in [4.69, 9.17) is 9.26 Å². The van der Waals surface area contributed by atoms with Crippen molar-refractivity contribution in [2.75, 3.05) is 5.32 Å². The average molecular weight is 419 g/mol. The number of para-hydroxylation sites is 2. The molecule has 2 aromatic carbocycles. The summed E-state index contributed by atoms with van der Waals surface area (Å²) in [6.07, 6.45) is 0. The Labute approximate surface area is 177 Å². The van der Waals surface area contributed by atoms with Gasteiger partial charge in [-0.25, -0.2) is 4.68 Å². The minimum atomic E-state index is -0.453. The Balaban J connectivity index is 1.60. The number of benzene rings is 2. The second-order valence-corrected chi connectivity index (χ2v) is 6.91. The van der Waals surface area contributed by atoms with Crippen LogP contribution in [0.1, 0.15) is 27.8 Å². The fourth-order valence-corrected chi connectivity index (χ4v) is 3.22. The highest BCUT2D eigenvalue weighted by molar-refractivity contribution is 6.06. The third kappa shape index (κ3) is 3.97. The maximum Gasteiger partial charge on any atom is 0.295 e. The number of rotatable bonds is 6. The molecule has 0 saturated carbocycles. The van der Waals surface area contributed by atoms with Crippen LogP contribution in [0.4, 0.5) is 5.69 Å². The molecule has 0 saturated heterocycles. The first kappa shape index (κ1) is 20.1. The number of amides is 1. The molecule has 0 aliphatic carbocycles. The van der Waals surface area contributed by atoms with Crippen LogP contribution in [0, 0.1) is 13.8 Å². The number of aromatic nitrogens is 4. The lowest BCUT2D eigenvalue weighted by Gasteiger charge is -2.10. The molecule has 0 unspecified atom stereocenters. The third-order valence-electron chi connectivity index (χ3n) is 4.85. The highest BCUT2D eigenvalue weighted by Gasteiger charge is 2.20. The largest absolute Gasteiger partial charge is 0.485 e. The van der Waals surface area contributed by atoms with Gasteiger partial charge in [0, 0.05) is 14.0 Å². The zero-order chi connectivity index (χ0) is 22.0. The van der Waals surface area contributed by atoms with Crippen molar-refractivity contribution in [1.29, 1.82) is 0 Å². The summed E-state index contributed by atoms with van der Waals surface area (Å²) >= 11 is 0. The first-order valence-electron chi connectivity index (χ1n) is 9.62. The van der Waals surface area contributed by atoms with Crippen molar-refractivity contribution in [3.05, 3.63) is 87.9 Å². The van der Waals surface area contributed by atoms with Crippen LogP contribution < -0.4 is 15.6 Å². The van der Waals surface area contributed by atoms with E-state index < -0.39 is 5.91 Å². The van der Waals surface area contributed by atoms with Gasteiger partial charge in [0.15, 0.2) is 6.61 Å². The van der Waals surface area contributed by atoms with Gasteiger partial charge in [-0.1, -0.05) is 35.5 Å². The van der Waals surface area contributed by atoms with Crippen molar-refractivity contribution in [1.82, 2.24) is 19.5 Å². The first-order valence-corrected chi connectivity index (χ1v) is 9.62. The highest BCUT2D eigenvalue weighted by atomic mass is 16.5. The molecule has 31 heavy (non-hydrogen) atoms. The number of hydrogen-bond acceptors (Lipinski definition) is 6. The second-order valence-electron chi connectivity index (χ2n) is 6.91. The fourth-order valence-electron chi connectivity index (χ4n) is 3.22. The van der Waals surface area contributed by atoms with E-state index >= 15 is 0 Å². The SMILES string of the molecule is Cc1nc(COc2ccccc2C(=O)Nc2c(C)n(C)n(-c3ccccc3)c2=O)no1. The lowest BCUT2D eigenvalue weighted by molar-refractivity contribution is 0.102. The smallest absolute Gasteiger partial charge is 0.295 e. The molecule has 0 aliphatic heterocycles. The quantitative estimate of drug-likeness (QED) is 0.515. The van der Waals surface area contributed by atoms with Crippen molar-refractivity contribution in [3.63, 3.8) is 0 Å². The lowest BCUT2D eigenvalue weighted by Crippen LogP contribution is -2.23. The van der Waals surface area contributed by atoms with Crippen LogP contribution in [0.2, 0.25) is 0 Å². The van der Waals surface area contributed by atoms with Crippen molar-refractivity contribution < 1.29 is 14.1 Å². The fraction of sp³-hybridized carbons (Fsp3) is 0.182. The predicted molar refractivity (Wildman–Crippen MR) is 114 cm³/mol. The normalized spacial score (nSPS) is 10.8. The van der Waals surface area contributed by atoms with E-state index in [-0.39, 0.29) is 23.4 Å². The van der Waals surface area contributed by atoms with Crippen molar-refractivity contribution in [2.45, 2.75) is 20.5 Å². The summed E-state index contributed by atoms with van der Waals surface area (Å²) in [5, 5.41) is 6.52. The first-order chi connectivity index (χ1) is 15.0. The number of aryl methyl sites for hydroxylation is 1. The summed E-state index contributed by atoms with van der Waals surface area (Å²) in [7, 11) is 1.77. The van der Waals surface area contributed by atoms with Crippen LogP contribution in [-0.4, -0.2) is 25.4 Å². The Morgan fingerprint density at radius 2 is 1.81 bits per heavy atom. The molecular weight excluding hydrogens is 398 g/mol. The van der Waals surface area contributed by atoms with Gasteiger partial charge in [0.25, 0.3) is 11.5 Å². The van der Waals surface area contributed by atoms with Gasteiger partial charge < -0.3 is 14.6 Å². The van der Waals surface area contributed by atoms with Gasteiger partial charge in [0.05, 0.1) is 16.9 Å².